The molecule has 0 unspecified atom stereocenters. The monoisotopic (exact) mass is 249 g/mol. The lowest BCUT2D eigenvalue weighted by Crippen LogP contribution is -2.35. The average Bonchev–Trinajstić information content (AvgIpc) is 3.08. The van der Waals surface area contributed by atoms with E-state index in [4.69, 9.17) is 11.1 Å². The van der Waals surface area contributed by atoms with Crippen LogP contribution in [0.5, 0.6) is 0 Å². The Morgan fingerprint density at radius 3 is 2.67 bits per heavy atom. The normalized spacial score (nSPS) is 14.9. The van der Waals surface area contributed by atoms with Gasteiger partial charge in [0, 0.05) is 12.6 Å². The van der Waals surface area contributed by atoms with E-state index in [0.29, 0.717) is 5.92 Å². The predicted octanol–water partition coefficient (Wildman–Crippen LogP) is 2.73. The van der Waals surface area contributed by atoms with Crippen LogP contribution in [0.3, 0.4) is 0 Å². The molecule has 98 valence electrons. The van der Waals surface area contributed by atoms with Crippen molar-refractivity contribution in [3.05, 3.63) is 29.6 Å². The molecule has 0 aromatic heterocycles. The molecule has 0 atom stereocenters. The Labute approximate surface area is 107 Å². The van der Waals surface area contributed by atoms with Gasteiger partial charge < -0.3 is 10.6 Å². The maximum Gasteiger partial charge on any atom is 0.136 e. The van der Waals surface area contributed by atoms with Gasteiger partial charge in [0.2, 0.25) is 0 Å². The van der Waals surface area contributed by atoms with E-state index in [2.05, 4.69) is 18.7 Å². The highest BCUT2D eigenvalue weighted by Gasteiger charge is 2.27. The highest BCUT2D eigenvalue weighted by Crippen LogP contribution is 2.33. The Hall–Kier alpha value is -1.58. The van der Waals surface area contributed by atoms with Gasteiger partial charge in [-0.1, -0.05) is 6.07 Å². The molecule has 1 aromatic carbocycles. The summed E-state index contributed by atoms with van der Waals surface area (Å²) >= 11 is 0. The molecule has 1 fully saturated rings. The van der Waals surface area contributed by atoms with E-state index in [9.17, 15) is 4.39 Å². The number of amidine groups is 1. The Morgan fingerprint density at radius 2 is 2.17 bits per heavy atom. The predicted molar refractivity (Wildman–Crippen MR) is 72.6 cm³/mol. The van der Waals surface area contributed by atoms with Gasteiger partial charge in [-0.2, -0.15) is 0 Å². The van der Waals surface area contributed by atoms with Gasteiger partial charge in [0.1, 0.15) is 11.7 Å². The molecule has 0 bridgehead atoms. The minimum Gasteiger partial charge on any atom is -0.384 e. The summed E-state index contributed by atoms with van der Waals surface area (Å²) in [4.78, 5) is 2.15. The van der Waals surface area contributed by atoms with Crippen LogP contribution in [0.15, 0.2) is 18.2 Å². The largest absolute Gasteiger partial charge is 0.384 e. The molecule has 1 aliphatic carbocycles. The Bertz CT molecular complexity index is 452. The fourth-order valence-corrected chi connectivity index (χ4v) is 2.18. The summed E-state index contributed by atoms with van der Waals surface area (Å²) < 4.78 is 13.8. The molecule has 1 aromatic rings. The summed E-state index contributed by atoms with van der Waals surface area (Å²) in [5.74, 6) is 0.0847. The van der Waals surface area contributed by atoms with Crippen molar-refractivity contribution in [1.29, 1.82) is 5.41 Å². The first kappa shape index (κ1) is 12.9. The third kappa shape index (κ3) is 2.63. The lowest BCUT2D eigenvalue weighted by atomic mass is 10.1. The van der Waals surface area contributed by atoms with Crippen molar-refractivity contribution in [3.63, 3.8) is 0 Å². The molecule has 0 aliphatic heterocycles. The van der Waals surface area contributed by atoms with Gasteiger partial charge >= 0.3 is 0 Å². The van der Waals surface area contributed by atoms with Crippen LogP contribution < -0.4 is 10.6 Å². The quantitative estimate of drug-likeness (QED) is 0.622. The first-order valence-electron chi connectivity index (χ1n) is 6.40. The maximum atomic E-state index is 13.8. The van der Waals surface area contributed by atoms with Crippen molar-refractivity contribution in [2.24, 2.45) is 11.7 Å². The van der Waals surface area contributed by atoms with Crippen LogP contribution in [0.25, 0.3) is 0 Å². The van der Waals surface area contributed by atoms with Gasteiger partial charge in [-0.15, -0.1) is 0 Å². The highest BCUT2D eigenvalue weighted by atomic mass is 19.1. The van der Waals surface area contributed by atoms with Crippen molar-refractivity contribution >= 4 is 11.5 Å². The third-order valence-electron chi connectivity index (χ3n) is 3.35. The summed E-state index contributed by atoms with van der Waals surface area (Å²) in [7, 11) is 0. The number of rotatable bonds is 5. The van der Waals surface area contributed by atoms with E-state index >= 15 is 0 Å². The highest BCUT2D eigenvalue weighted by molar-refractivity contribution is 6.00. The number of benzene rings is 1. The summed E-state index contributed by atoms with van der Waals surface area (Å²) in [5.41, 5.74) is 6.49. The second-order valence-corrected chi connectivity index (χ2v) is 5.24. The lowest BCUT2D eigenvalue weighted by Gasteiger charge is -2.31. The first-order chi connectivity index (χ1) is 8.50. The van der Waals surface area contributed by atoms with E-state index in [1.807, 2.05) is 6.07 Å². The molecule has 0 radical (unpaired) electrons. The van der Waals surface area contributed by atoms with Gasteiger partial charge in [0.15, 0.2) is 0 Å². The third-order valence-corrected chi connectivity index (χ3v) is 3.35. The molecular weight excluding hydrogens is 229 g/mol. The fourth-order valence-electron chi connectivity index (χ4n) is 2.18. The van der Waals surface area contributed by atoms with Crippen molar-refractivity contribution < 1.29 is 4.39 Å². The molecule has 4 heteroatoms. The van der Waals surface area contributed by atoms with Crippen LogP contribution in [0.4, 0.5) is 10.1 Å². The smallest absolute Gasteiger partial charge is 0.136 e. The SMILES string of the molecule is CC(C)N(CC1CC1)c1cccc(F)c1C(=N)N. The topological polar surface area (TPSA) is 53.1 Å². The van der Waals surface area contributed by atoms with Crippen LogP contribution in [-0.2, 0) is 0 Å². The van der Waals surface area contributed by atoms with Crippen LogP contribution in [0, 0.1) is 17.1 Å². The second-order valence-electron chi connectivity index (χ2n) is 5.24. The number of nitrogens with two attached hydrogens (primary N) is 1. The van der Waals surface area contributed by atoms with Crippen LogP contribution >= 0.6 is 0 Å². The van der Waals surface area contributed by atoms with Gasteiger partial charge in [0.25, 0.3) is 0 Å². The number of hydrogen-bond acceptors (Lipinski definition) is 2. The molecule has 0 amide bonds. The van der Waals surface area contributed by atoms with Crippen LogP contribution in [0.1, 0.15) is 32.3 Å². The zero-order valence-electron chi connectivity index (χ0n) is 10.9. The van der Waals surface area contributed by atoms with Gasteiger partial charge in [-0.3, -0.25) is 5.41 Å². The van der Waals surface area contributed by atoms with Crippen LogP contribution in [0.2, 0.25) is 0 Å². The molecule has 3 nitrogen and oxygen atoms in total. The van der Waals surface area contributed by atoms with Crippen molar-refractivity contribution in [2.45, 2.75) is 32.7 Å². The summed E-state index contributed by atoms with van der Waals surface area (Å²) in [6.45, 7) is 5.08. The van der Waals surface area contributed by atoms with Gasteiger partial charge in [-0.25, -0.2) is 4.39 Å². The average molecular weight is 249 g/mol. The zero-order chi connectivity index (χ0) is 13.3. The van der Waals surface area contributed by atoms with Crippen LogP contribution in [-0.4, -0.2) is 18.4 Å². The number of hydrogen-bond donors (Lipinski definition) is 2. The molecular formula is C14H20FN3. The molecule has 0 spiro atoms. The fraction of sp³-hybridized carbons (Fsp3) is 0.500. The Morgan fingerprint density at radius 1 is 1.50 bits per heavy atom. The van der Waals surface area contributed by atoms with Crippen molar-refractivity contribution in [3.8, 4) is 0 Å². The van der Waals surface area contributed by atoms with Crippen molar-refractivity contribution in [1.82, 2.24) is 0 Å². The van der Waals surface area contributed by atoms with E-state index in [1.165, 1.54) is 18.9 Å². The van der Waals surface area contributed by atoms with E-state index in [1.54, 1.807) is 6.07 Å². The summed E-state index contributed by atoms with van der Waals surface area (Å²) in [6.07, 6.45) is 2.49. The molecule has 0 saturated heterocycles. The number of nitrogen functional groups attached to an aromatic ring is 1. The Kier molecular flexibility index (Phi) is 3.55. The minimum absolute atomic E-state index is 0.204. The number of anilines is 1. The minimum atomic E-state index is -0.415. The summed E-state index contributed by atoms with van der Waals surface area (Å²) in [5, 5.41) is 7.56. The Balaban J connectivity index is 2.39. The molecule has 0 heterocycles. The summed E-state index contributed by atoms with van der Waals surface area (Å²) in [6, 6.07) is 5.16. The molecule has 1 aliphatic rings. The standard InChI is InChI=1S/C14H20FN3/c1-9(2)18(8-10-6-7-10)12-5-3-4-11(15)13(12)14(16)17/h3-5,9-10H,6-8H2,1-2H3,(H3,16,17). The molecule has 2 rings (SSSR count). The zero-order valence-corrected chi connectivity index (χ0v) is 10.9. The molecule has 18 heavy (non-hydrogen) atoms. The lowest BCUT2D eigenvalue weighted by molar-refractivity contribution is 0.613. The first-order valence-corrected chi connectivity index (χ1v) is 6.40. The number of nitrogens with one attached hydrogen (secondary N) is 1. The van der Waals surface area contributed by atoms with Crippen molar-refractivity contribution in [2.75, 3.05) is 11.4 Å². The maximum absolute atomic E-state index is 13.8. The second kappa shape index (κ2) is 4.96. The molecule has 3 N–H and O–H groups in total. The van der Waals surface area contributed by atoms with E-state index < -0.39 is 5.82 Å². The number of nitrogens with zero attached hydrogens (tertiary/aromatic N) is 1. The van der Waals surface area contributed by atoms with E-state index in [0.717, 1.165) is 12.2 Å². The van der Waals surface area contributed by atoms with Gasteiger partial charge in [0.05, 0.1) is 11.3 Å². The number of halogens is 1. The van der Waals surface area contributed by atoms with Gasteiger partial charge in [-0.05, 0) is 44.7 Å². The molecule has 1 saturated carbocycles. The van der Waals surface area contributed by atoms with E-state index in [-0.39, 0.29) is 17.4 Å².